The van der Waals surface area contributed by atoms with Crippen LogP contribution in [0.5, 0.6) is 0 Å². The SMILES string of the molecule is COCCCn1cc(CN(C(=O)[C@H]2C[C@@H](C(O)OC)CN(C(=O)OC(C)(C)C)C2)C2CC2)c2ccccc21. The number of aryl methyl sites for hydroxylation is 1. The Hall–Kier alpha value is -2.62. The fourth-order valence-corrected chi connectivity index (χ4v) is 5.40. The van der Waals surface area contributed by atoms with Gasteiger partial charge in [0.1, 0.15) is 5.60 Å². The molecule has 1 unspecified atom stereocenters. The van der Waals surface area contributed by atoms with Crippen LogP contribution in [0.1, 0.15) is 52.0 Å². The molecule has 1 saturated heterocycles. The smallest absolute Gasteiger partial charge is 0.410 e. The van der Waals surface area contributed by atoms with E-state index in [-0.39, 0.29) is 31.0 Å². The highest BCUT2D eigenvalue weighted by Gasteiger charge is 2.42. The molecule has 0 bridgehead atoms. The second-order valence-electron chi connectivity index (χ2n) is 11.6. The standard InChI is InChI=1S/C29H43N3O6/c1-29(2,3)38-28(35)31-16-20(15-21(17-31)27(34)37-5)26(33)32(23-11-12-23)19-22-18-30(13-8-14-36-4)25-10-7-6-9-24(22)25/h6-7,9-10,18,20-21,23,27,34H,8,11-17,19H2,1-5H3/t20-,21+,27?/m0/s1. The van der Waals surface area contributed by atoms with Crippen molar-refractivity contribution in [3.8, 4) is 0 Å². The highest BCUT2D eigenvalue weighted by Crippen LogP contribution is 2.35. The number of para-hydroxylation sites is 1. The van der Waals surface area contributed by atoms with Crippen molar-refractivity contribution in [2.45, 2.75) is 77.5 Å². The predicted octanol–water partition coefficient (Wildman–Crippen LogP) is 4.01. The van der Waals surface area contributed by atoms with Gasteiger partial charge in [0.15, 0.2) is 6.29 Å². The summed E-state index contributed by atoms with van der Waals surface area (Å²) in [4.78, 5) is 30.5. The third kappa shape index (κ3) is 6.87. The molecule has 9 nitrogen and oxygen atoms in total. The zero-order valence-corrected chi connectivity index (χ0v) is 23.4. The average molecular weight is 530 g/mol. The van der Waals surface area contributed by atoms with Crippen molar-refractivity contribution in [2.75, 3.05) is 33.9 Å². The van der Waals surface area contributed by atoms with Crippen LogP contribution in [0.2, 0.25) is 0 Å². The van der Waals surface area contributed by atoms with Crippen molar-refractivity contribution in [3.05, 3.63) is 36.0 Å². The number of amides is 2. The highest BCUT2D eigenvalue weighted by molar-refractivity contribution is 5.85. The maximum atomic E-state index is 14.0. The van der Waals surface area contributed by atoms with E-state index in [1.807, 2.05) is 37.8 Å². The molecule has 3 atom stereocenters. The van der Waals surface area contributed by atoms with E-state index in [4.69, 9.17) is 14.2 Å². The first kappa shape index (κ1) is 28.4. The van der Waals surface area contributed by atoms with Crippen LogP contribution in [-0.4, -0.2) is 83.3 Å². The van der Waals surface area contributed by atoms with Crippen LogP contribution in [-0.2, 0) is 32.1 Å². The molecule has 1 saturated carbocycles. The van der Waals surface area contributed by atoms with E-state index < -0.39 is 23.9 Å². The number of aliphatic hydroxyl groups excluding tert-OH is 1. The monoisotopic (exact) mass is 529 g/mol. The molecule has 2 amide bonds. The quantitative estimate of drug-likeness (QED) is 0.369. The van der Waals surface area contributed by atoms with Gasteiger partial charge in [-0.2, -0.15) is 0 Å². The Kier molecular flexibility index (Phi) is 9.00. The average Bonchev–Trinajstić information content (AvgIpc) is 3.68. The van der Waals surface area contributed by atoms with E-state index >= 15 is 0 Å². The molecule has 4 rings (SSSR count). The molecule has 38 heavy (non-hydrogen) atoms. The molecule has 0 spiro atoms. The van der Waals surface area contributed by atoms with E-state index in [1.165, 1.54) is 7.11 Å². The predicted molar refractivity (Wildman–Crippen MR) is 144 cm³/mol. The summed E-state index contributed by atoms with van der Waals surface area (Å²) in [6.45, 7) is 8.06. The van der Waals surface area contributed by atoms with Gasteiger partial charge in [0.05, 0.1) is 5.92 Å². The Bertz CT molecular complexity index is 1110. The van der Waals surface area contributed by atoms with Gasteiger partial charge in [-0.25, -0.2) is 4.79 Å². The lowest BCUT2D eigenvalue weighted by Crippen LogP contribution is -2.53. The lowest BCUT2D eigenvalue weighted by molar-refractivity contribution is -0.149. The third-order valence-corrected chi connectivity index (χ3v) is 7.36. The summed E-state index contributed by atoms with van der Waals surface area (Å²) in [6, 6.07) is 8.50. The molecule has 1 aliphatic heterocycles. The number of hydrogen-bond donors (Lipinski definition) is 1. The second kappa shape index (κ2) is 12.1. The van der Waals surface area contributed by atoms with E-state index in [0.717, 1.165) is 42.3 Å². The molecule has 0 radical (unpaired) electrons. The van der Waals surface area contributed by atoms with Crippen molar-refractivity contribution < 1.29 is 28.9 Å². The van der Waals surface area contributed by atoms with Gasteiger partial charge in [0, 0.05) is 76.1 Å². The van der Waals surface area contributed by atoms with Gasteiger partial charge in [0.2, 0.25) is 5.91 Å². The molecular weight excluding hydrogens is 486 g/mol. The van der Waals surface area contributed by atoms with E-state index in [9.17, 15) is 14.7 Å². The number of hydrogen-bond acceptors (Lipinski definition) is 6. The molecule has 1 aromatic carbocycles. The first-order valence-electron chi connectivity index (χ1n) is 13.7. The Morgan fingerprint density at radius 3 is 2.55 bits per heavy atom. The van der Waals surface area contributed by atoms with Gasteiger partial charge in [-0.1, -0.05) is 18.2 Å². The van der Waals surface area contributed by atoms with Crippen LogP contribution in [0, 0.1) is 11.8 Å². The molecule has 2 aliphatic rings. The zero-order valence-electron chi connectivity index (χ0n) is 23.4. The van der Waals surface area contributed by atoms with Gasteiger partial charge in [0.25, 0.3) is 0 Å². The summed E-state index contributed by atoms with van der Waals surface area (Å²) in [7, 11) is 3.15. The van der Waals surface area contributed by atoms with E-state index in [2.05, 4.69) is 22.9 Å². The van der Waals surface area contributed by atoms with Crippen LogP contribution < -0.4 is 0 Å². The molecule has 1 N–H and O–H groups in total. The van der Waals surface area contributed by atoms with Crippen molar-refractivity contribution in [2.24, 2.45) is 11.8 Å². The number of fused-ring (bicyclic) bond motifs is 1. The number of carbonyl (C=O) groups excluding carboxylic acids is 2. The minimum absolute atomic E-state index is 0.0188. The van der Waals surface area contributed by atoms with E-state index in [0.29, 0.717) is 19.6 Å². The minimum atomic E-state index is -1.06. The number of benzene rings is 1. The van der Waals surface area contributed by atoms with Crippen LogP contribution >= 0.6 is 0 Å². The Morgan fingerprint density at radius 1 is 1.16 bits per heavy atom. The fraction of sp³-hybridized carbons (Fsp3) is 0.655. The largest absolute Gasteiger partial charge is 0.444 e. The number of methoxy groups -OCH3 is 2. The zero-order chi connectivity index (χ0) is 27.4. The fourth-order valence-electron chi connectivity index (χ4n) is 5.40. The number of ether oxygens (including phenoxy) is 3. The maximum absolute atomic E-state index is 14.0. The Balaban J connectivity index is 1.56. The number of rotatable bonds is 10. The van der Waals surface area contributed by atoms with Crippen molar-refractivity contribution in [1.82, 2.24) is 14.4 Å². The number of aliphatic hydroxyl groups is 1. The molecule has 210 valence electrons. The van der Waals surface area contributed by atoms with Gasteiger partial charge in [-0.15, -0.1) is 0 Å². The number of likely N-dealkylation sites (tertiary alicyclic amines) is 1. The Morgan fingerprint density at radius 2 is 1.89 bits per heavy atom. The number of piperidine rings is 1. The highest BCUT2D eigenvalue weighted by atomic mass is 16.6. The summed E-state index contributed by atoms with van der Waals surface area (Å²) < 4.78 is 18.3. The number of nitrogens with zero attached hydrogens (tertiary/aromatic N) is 3. The number of aromatic nitrogens is 1. The van der Waals surface area contributed by atoms with Crippen molar-refractivity contribution in [3.63, 3.8) is 0 Å². The molecule has 2 aromatic rings. The third-order valence-electron chi connectivity index (χ3n) is 7.36. The lowest BCUT2D eigenvalue weighted by atomic mass is 9.87. The molecule has 2 fully saturated rings. The molecule has 1 aromatic heterocycles. The molecular formula is C29H43N3O6. The first-order chi connectivity index (χ1) is 18.1. The van der Waals surface area contributed by atoms with Gasteiger partial charge in [-0.05, 0) is 58.1 Å². The summed E-state index contributed by atoms with van der Waals surface area (Å²) >= 11 is 0. The van der Waals surface area contributed by atoms with Gasteiger partial charge < -0.3 is 33.7 Å². The van der Waals surface area contributed by atoms with Crippen molar-refractivity contribution in [1.29, 1.82) is 0 Å². The second-order valence-corrected chi connectivity index (χ2v) is 11.6. The summed E-state index contributed by atoms with van der Waals surface area (Å²) in [5.74, 6) is -0.800. The molecule has 1 aliphatic carbocycles. The van der Waals surface area contributed by atoms with Crippen LogP contribution in [0.3, 0.4) is 0 Å². The Labute approximate surface area is 225 Å². The lowest BCUT2D eigenvalue weighted by Gasteiger charge is -2.40. The van der Waals surface area contributed by atoms with Crippen LogP contribution in [0.25, 0.3) is 10.9 Å². The van der Waals surface area contributed by atoms with Crippen LogP contribution in [0.4, 0.5) is 4.79 Å². The van der Waals surface area contributed by atoms with Crippen LogP contribution in [0.15, 0.2) is 30.5 Å². The summed E-state index contributed by atoms with van der Waals surface area (Å²) in [5.41, 5.74) is 1.62. The summed E-state index contributed by atoms with van der Waals surface area (Å²) in [5, 5.41) is 11.6. The van der Waals surface area contributed by atoms with E-state index in [1.54, 1.807) is 12.0 Å². The molecule has 9 heteroatoms. The number of carbonyl (C=O) groups is 2. The van der Waals surface area contributed by atoms with Gasteiger partial charge >= 0.3 is 6.09 Å². The van der Waals surface area contributed by atoms with Crippen molar-refractivity contribution >= 4 is 22.9 Å². The maximum Gasteiger partial charge on any atom is 0.410 e. The normalized spacial score (nSPS) is 20.9. The molecule has 2 heterocycles. The first-order valence-corrected chi connectivity index (χ1v) is 13.7. The van der Waals surface area contributed by atoms with Gasteiger partial charge in [-0.3, -0.25) is 4.79 Å². The summed E-state index contributed by atoms with van der Waals surface area (Å²) in [6.07, 6.45) is 3.94. The minimum Gasteiger partial charge on any atom is -0.444 e. The topological polar surface area (TPSA) is 93.5 Å².